The van der Waals surface area contributed by atoms with Crippen molar-refractivity contribution in [3.63, 3.8) is 0 Å². The molecule has 3 rings (SSSR count). The maximum Gasteiger partial charge on any atom is 0.227 e. The minimum Gasteiger partial charge on any atom is -0.507 e. The molecule has 0 saturated heterocycles. The van der Waals surface area contributed by atoms with Gasteiger partial charge in [0.15, 0.2) is 5.58 Å². The monoisotopic (exact) mass is 278 g/mol. The van der Waals surface area contributed by atoms with Crippen LogP contribution < -0.4 is 5.73 Å². The lowest BCUT2D eigenvalue weighted by molar-refractivity contribution is 0.511. The topological polar surface area (TPSA) is 72.3 Å². The van der Waals surface area contributed by atoms with Gasteiger partial charge in [-0.25, -0.2) is 4.98 Å². The van der Waals surface area contributed by atoms with E-state index in [2.05, 4.69) is 11.6 Å². The Bertz CT molecular complexity index is 847. The van der Waals surface area contributed by atoms with Crippen LogP contribution in [0.2, 0.25) is 0 Å². The third-order valence-electron chi connectivity index (χ3n) is 3.09. The lowest BCUT2D eigenvalue weighted by Crippen LogP contribution is -1.84. The highest BCUT2D eigenvalue weighted by Gasteiger charge is 2.10. The molecule has 0 amide bonds. The van der Waals surface area contributed by atoms with Crippen LogP contribution in [0.5, 0.6) is 0 Å². The number of rotatable bonds is 3. The lowest BCUT2D eigenvalue weighted by atomic mass is 10.1. The molecule has 1 heterocycles. The number of aliphatic hydroxyl groups excluding tert-OH is 1. The highest BCUT2D eigenvalue weighted by Crippen LogP contribution is 2.27. The summed E-state index contributed by atoms with van der Waals surface area (Å²) in [7, 11) is 0. The lowest BCUT2D eigenvalue weighted by Gasteiger charge is -1.98. The van der Waals surface area contributed by atoms with Crippen molar-refractivity contribution in [2.45, 2.75) is 0 Å². The average Bonchev–Trinajstić information content (AvgIpc) is 2.90. The van der Waals surface area contributed by atoms with Crippen molar-refractivity contribution in [2.24, 2.45) is 0 Å². The van der Waals surface area contributed by atoms with E-state index in [1.807, 2.05) is 18.2 Å². The highest BCUT2D eigenvalue weighted by molar-refractivity contribution is 5.80. The number of nitrogen functional groups attached to an aromatic ring is 1. The first-order valence-corrected chi connectivity index (χ1v) is 6.46. The predicted molar refractivity (Wildman–Crippen MR) is 84.7 cm³/mol. The molecule has 0 bridgehead atoms. The van der Waals surface area contributed by atoms with Crippen molar-refractivity contribution in [1.29, 1.82) is 0 Å². The minimum atomic E-state index is 0.133. The quantitative estimate of drug-likeness (QED) is 0.428. The molecule has 0 spiro atoms. The fourth-order valence-corrected chi connectivity index (χ4v) is 2.09. The third-order valence-corrected chi connectivity index (χ3v) is 3.09. The van der Waals surface area contributed by atoms with Gasteiger partial charge in [-0.1, -0.05) is 18.7 Å². The number of aliphatic hydroxyl groups is 1. The largest absolute Gasteiger partial charge is 0.507 e. The molecule has 2 aromatic carbocycles. The number of oxazole rings is 1. The molecular formula is C17H14N2O2. The number of aromatic nitrogens is 1. The van der Waals surface area contributed by atoms with Crippen molar-refractivity contribution in [3.8, 4) is 11.5 Å². The van der Waals surface area contributed by atoms with Gasteiger partial charge in [0, 0.05) is 16.8 Å². The summed E-state index contributed by atoms with van der Waals surface area (Å²) in [4.78, 5) is 4.43. The van der Waals surface area contributed by atoms with Crippen molar-refractivity contribution >= 4 is 22.5 Å². The van der Waals surface area contributed by atoms with Gasteiger partial charge in [-0.15, -0.1) is 0 Å². The maximum atomic E-state index is 9.85. The van der Waals surface area contributed by atoms with Gasteiger partial charge in [0.05, 0.1) is 0 Å². The Morgan fingerprint density at radius 3 is 2.86 bits per heavy atom. The van der Waals surface area contributed by atoms with Crippen LogP contribution in [0.3, 0.4) is 0 Å². The summed E-state index contributed by atoms with van der Waals surface area (Å²) >= 11 is 0. The maximum absolute atomic E-state index is 9.85. The van der Waals surface area contributed by atoms with E-state index in [-0.39, 0.29) is 5.76 Å². The van der Waals surface area contributed by atoms with Crippen LogP contribution in [0, 0.1) is 0 Å². The normalized spacial score (nSPS) is 11.7. The number of benzene rings is 2. The first kappa shape index (κ1) is 13.0. The summed E-state index contributed by atoms with van der Waals surface area (Å²) in [6, 6.07) is 12.7. The van der Waals surface area contributed by atoms with Crippen molar-refractivity contribution in [2.75, 3.05) is 5.73 Å². The molecule has 0 aliphatic rings. The number of nitrogens with two attached hydrogens (primary N) is 1. The van der Waals surface area contributed by atoms with Crippen molar-refractivity contribution in [1.82, 2.24) is 4.98 Å². The number of fused-ring (bicyclic) bond motifs is 1. The molecule has 4 heteroatoms. The van der Waals surface area contributed by atoms with E-state index in [1.165, 1.54) is 12.2 Å². The summed E-state index contributed by atoms with van der Waals surface area (Å²) in [6.45, 7) is 3.56. The van der Waals surface area contributed by atoms with Gasteiger partial charge in [0.25, 0.3) is 0 Å². The molecular weight excluding hydrogens is 264 g/mol. The SMILES string of the molecule is C=C/C=C(\O)c1ccc2nc(-c3cccc(N)c3)oc2c1. The Morgan fingerprint density at radius 2 is 2.10 bits per heavy atom. The van der Waals surface area contributed by atoms with Crippen molar-refractivity contribution in [3.05, 3.63) is 66.8 Å². The average molecular weight is 278 g/mol. The van der Waals surface area contributed by atoms with E-state index >= 15 is 0 Å². The highest BCUT2D eigenvalue weighted by atomic mass is 16.3. The second-order valence-electron chi connectivity index (χ2n) is 4.61. The molecule has 1 aromatic heterocycles. The molecule has 0 radical (unpaired) electrons. The number of anilines is 1. The predicted octanol–water partition coefficient (Wildman–Crippen LogP) is 4.16. The molecule has 3 aromatic rings. The molecule has 0 atom stereocenters. The van der Waals surface area contributed by atoms with Gasteiger partial charge in [-0.3, -0.25) is 0 Å². The first-order valence-electron chi connectivity index (χ1n) is 6.46. The zero-order chi connectivity index (χ0) is 14.8. The van der Waals surface area contributed by atoms with Crippen LogP contribution in [0.1, 0.15) is 5.56 Å². The van der Waals surface area contributed by atoms with E-state index in [1.54, 1.807) is 24.3 Å². The van der Waals surface area contributed by atoms with Crippen LogP contribution in [-0.4, -0.2) is 10.1 Å². The van der Waals surface area contributed by atoms with Gasteiger partial charge in [0.2, 0.25) is 5.89 Å². The number of allylic oxidation sites excluding steroid dienone is 2. The molecule has 104 valence electrons. The minimum absolute atomic E-state index is 0.133. The standard InChI is InChI=1S/C17H14N2O2/c1-2-4-15(20)11-7-8-14-16(10-11)21-17(19-14)12-5-3-6-13(18)9-12/h2-10,20H,1,18H2/b15-4-. The zero-order valence-electron chi connectivity index (χ0n) is 11.3. The Morgan fingerprint density at radius 1 is 1.24 bits per heavy atom. The molecule has 0 aliphatic carbocycles. The van der Waals surface area contributed by atoms with E-state index in [0.717, 1.165) is 11.1 Å². The molecule has 0 unspecified atom stereocenters. The summed E-state index contributed by atoms with van der Waals surface area (Å²) in [5.41, 5.74) is 9.22. The second-order valence-corrected chi connectivity index (χ2v) is 4.61. The van der Waals surface area contributed by atoms with Crippen LogP contribution in [-0.2, 0) is 0 Å². The summed E-state index contributed by atoms with van der Waals surface area (Å²) < 4.78 is 5.75. The van der Waals surface area contributed by atoms with Gasteiger partial charge < -0.3 is 15.3 Å². The Labute approximate surface area is 121 Å². The van der Waals surface area contributed by atoms with Crippen LogP contribution in [0.4, 0.5) is 5.69 Å². The summed E-state index contributed by atoms with van der Waals surface area (Å²) in [6.07, 6.45) is 3.05. The van der Waals surface area contributed by atoms with E-state index in [0.29, 0.717) is 22.7 Å². The van der Waals surface area contributed by atoms with Gasteiger partial charge >= 0.3 is 0 Å². The second kappa shape index (κ2) is 5.17. The Hall–Kier alpha value is -3.01. The zero-order valence-corrected chi connectivity index (χ0v) is 11.3. The fraction of sp³-hybridized carbons (Fsp3) is 0. The Balaban J connectivity index is 2.08. The third kappa shape index (κ3) is 2.51. The van der Waals surface area contributed by atoms with Gasteiger partial charge in [-0.05, 0) is 42.5 Å². The molecule has 4 nitrogen and oxygen atoms in total. The smallest absolute Gasteiger partial charge is 0.227 e. The van der Waals surface area contributed by atoms with E-state index in [9.17, 15) is 5.11 Å². The van der Waals surface area contributed by atoms with Crippen molar-refractivity contribution < 1.29 is 9.52 Å². The number of hydrogen-bond acceptors (Lipinski definition) is 4. The van der Waals surface area contributed by atoms with Crippen LogP contribution in [0.25, 0.3) is 28.3 Å². The van der Waals surface area contributed by atoms with Gasteiger partial charge in [0.1, 0.15) is 11.3 Å². The van der Waals surface area contributed by atoms with Gasteiger partial charge in [-0.2, -0.15) is 0 Å². The van der Waals surface area contributed by atoms with Crippen LogP contribution >= 0.6 is 0 Å². The Kier molecular flexibility index (Phi) is 3.20. The number of hydrogen-bond donors (Lipinski definition) is 2. The number of nitrogens with zero attached hydrogens (tertiary/aromatic N) is 1. The first-order chi connectivity index (χ1) is 10.2. The fourth-order valence-electron chi connectivity index (χ4n) is 2.09. The van der Waals surface area contributed by atoms with Crippen LogP contribution in [0.15, 0.2) is 65.6 Å². The van der Waals surface area contributed by atoms with E-state index in [4.69, 9.17) is 10.2 Å². The molecule has 0 aliphatic heterocycles. The summed E-state index contributed by atoms with van der Waals surface area (Å²) in [5, 5.41) is 9.85. The van der Waals surface area contributed by atoms with E-state index < -0.39 is 0 Å². The molecule has 21 heavy (non-hydrogen) atoms. The molecule has 0 saturated carbocycles. The summed E-state index contributed by atoms with van der Waals surface area (Å²) in [5.74, 6) is 0.635. The molecule has 0 fully saturated rings. The molecule has 3 N–H and O–H groups in total.